The van der Waals surface area contributed by atoms with Crippen LogP contribution in [0.25, 0.3) is 0 Å². The Balaban J connectivity index is 2.63. The first-order chi connectivity index (χ1) is 7.95. The van der Waals surface area contributed by atoms with Crippen LogP contribution in [0.1, 0.15) is 6.42 Å². The van der Waals surface area contributed by atoms with E-state index in [4.69, 9.17) is 10.8 Å². The molecule has 0 radical (unpaired) electrons. The Labute approximate surface area is 97.4 Å². The van der Waals surface area contributed by atoms with Crippen molar-refractivity contribution < 1.29 is 24.6 Å². The minimum absolute atomic E-state index is 0.0428. The third kappa shape index (κ3) is 3.40. The summed E-state index contributed by atoms with van der Waals surface area (Å²) in [5.41, 5.74) is 5.18. The molecular formula is C9H15N3O5. The zero-order valence-corrected chi connectivity index (χ0v) is 9.13. The fourth-order valence-corrected chi connectivity index (χ4v) is 1.74. The van der Waals surface area contributed by atoms with Gasteiger partial charge in [0.05, 0.1) is 12.6 Å². The van der Waals surface area contributed by atoms with E-state index in [2.05, 4.69) is 5.32 Å². The van der Waals surface area contributed by atoms with Gasteiger partial charge in [-0.25, -0.2) is 0 Å². The highest BCUT2D eigenvalue weighted by atomic mass is 16.4. The van der Waals surface area contributed by atoms with Gasteiger partial charge in [0.15, 0.2) is 0 Å². The lowest BCUT2D eigenvalue weighted by molar-refractivity contribution is -0.140. The smallest absolute Gasteiger partial charge is 0.322 e. The van der Waals surface area contributed by atoms with Crippen LogP contribution in [0.3, 0.4) is 0 Å². The van der Waals surface area contributed by atoms with Crippen molar-refractivity contribution in [1.82, 2.24) is 10.2 Å². The number of carboxylic acid groups (broad SMARTS) is 1. The molecule has 1 heterocycles. The molecule has 0 bridgehead atoms. The third-order valence-corrected chi connectivity index (χ3v) is 2.49. The van der Waals surface area contributed by atoms with Crippen molar-refractivity contribution in [3.05, 3.63) is 0 Å². The quantitative estimate of drug-likeness (QED) is 0.420. The molecule has 0 spiro atoms. The van der Waals surface area contributed by atoms with Crippen molar-refractivity contribution in [2.75, 3.05) is 19.6 Å². The number of rotatable bonds is 4. The van der Waals surface area contributed by atoms with Crippen LogP contribution in [-0.2, 0) is 14.4 Å². The first kappa shape index (κ1) is 13.4. The number of aliphatic carboxylic acids is 1. The van der Waals surface area contributed by atoms with Gasteiger partial charge in [-0.1, -0.05) is 0 Å². The number of carboxylic acids is 1. The van der Waals surface area contributed by atoms with E-state index in [-0.39, 0.29) is 19.5 Å². The van der Waals surface area contributed by atoms with Crippen LogP contribution in [0.2, 0.25) is 0 Å². The lowest BCUT2D eigenvalue weighted by Gasteiger charge is -2.22. The fourth-order valence-electron chi connectivity index (χ4n) is 1.74. The van der Waals surface area contributed by atoms with Gasteiger partial charge in [0.2, 0.25) is 11.8 Å². The molecule has 0 aliphatic carbocycles. The minimum Gasteiger partial charge on any atom is -0.480 e. The summed E-state index contributed by atoms with van der Waals surface area (Å²) < 4.78 is 0. The molecule has 5 N–H and O–H groups in total. The summed E-state index contributed by atoms with van der Waals surface area (Å²) in [6, 6.07) is -0.847. The van der Waals surface area contributed by atoms with Gasteiger partial charge in [0, 0.05) is 13.0 Å². The molecule has 1 aliphatic rings. The van der Waals surface area contributed by atoms with E-state index in [0.717, 1.165) is 0 Å². The van der Waals surface area contributed by atoms with Crippen LogP contribution in [0.15, 0.2) is 0 Å². The molecule has 0 saturated carbocycles. The average Bonchev–Trinajstić information content (AvgIpc) is 2.67. The van der Waals surface area contributed by atoms with Gasteiger partial charge < -0.3 is 26.2 Å². The molecule has 8 heteroatoms. The predicted molar refractivity (Wildman–Crippen MR) is 55.8 cm³/mol. The molecule has 1 rings (SSSR count). The number of amides is 2. The van der Waals surface area contributed by atoms with Crippen molar-refractivity contribution in [3.8, 4) is 0 Å². The zero-order chi connectivity index (χ0) is 13.0. The second-order valence-corrected chi connectivity index (χ2v) is 3.77. The Morgan fingerprint density at radius 1 is 1.41 bits per heavy atom. The SMILES string of the molecule is NCC(=O)N1C[C@H](O)C[C@H]1C(=O)NCC(=O)O. The number of nitrogens with one attached hydrogen (secondary N) is 1. The van der Waals surface area contributed by atoms with Gasteiger partial charge in [-0.3, -0.25) is 14.4 Å². The number of hydrogen-bond acceptors (Lipinski definition) is 5. The Morgan fingerprint density at radius 2 is 2.06 bits per heavy atom. The van der Waals surface area contributed by atoms with E-state index in [1.165, 1.54) is 4.90 Å². The van der Waals surface area contributed by atoms with Crippen molar-refractivity contribution in [2.45, 2.75) is 18.6 Å². The largest absolute Gasteiger partial charge is 0.480 e. The highest BCUT2D eigenvalue weighted by Crippen LogP contribution is 2.17. The first-order valence-electron chi connectivity index (χ1n) is 5.12. The van der Waals surface area contributed by atoms with Gasteiger partial charge >= 0.3 is 5.97 Å². The lowest BCUT2D eigenvalue weighted by atomic mass is 10.2. The summed E-state index contributed by atoms with van der Waals surface area (Å²) in [5.74, 6) is -2.21. The van der Waals surface area contributed by atoms with E-state index in [9.17, 15) is 19.5 Å². The molecule has 1 aliphatic heterocycles. The summed E-state index contributed by atoms with van der Waals surface area (Å²) in [6.45, 7) is -0.729. The number of nitrogens with zero attached hydrogens (tertiary/aromatic N) is 1. The molecule has 8 nitrogen and oxygen atoms in total. The highest BCUT2D eigenvalue weighted by Gasteiger charge is 2.38. The Bertz CT molecular complexity index is 333. The normalized spacial score (nSPS) is 23.5. The Kier molecular flexibility index (Phi) is 4.41. The molecule has 0 aromatic heterocycles. The summed E-state index contributed by atoms with van der Waals surface area (Å²) in [4.78, 5) is 34.5. The number of carbonyl (C=O) groups excluding carboxylic acids is 2. The highest BCUT2D eigenvalue weighted by molar-refractivity contribution is 5.90. The van der Waals surface area contributed by atoms with Crippen LogP contribution >= 0.6 is 0 Å². The lowest BCUT2D eigenvalue weighted by Crippen LogP contribution is -2.48. The number of β-amino-alcohol motifs (C(OH)–C–C–N with tert-alkyl or cyclic N) is 1. The Hall–Kier alpha value is -1.67. The van der Waals surface area contributed by atoms with Crippen LogP contribution in [-0.4, -0.2) is 64.7 Å². The van der Waals surface area contributed by atoms with Crippen molar-refractivity contribution in [3.63, 3.8) is 0 Å². The van der Waals surface area contributed by atoms with E-state index in [1.54, 1.807) is 0 Å². The maximum absolute atomic E-state index is 11.6. The summed E-state index contributed by atoms with van der Waals surface area (Å²) in [6.07, 6.45) is -0.692. The number of nitrogens with two attached hydrogens (primary N) is 1. The Morgan fingerprint density at radius 3 is 2.59 bits per heavy atom. The van der Waals surface area contributed by atoms with Crippen LogP contribution in [0.5, 0.6) is 0 Å². The zero-order valence-electron chi connectivity index (χ0n) is 9.13. The fraction of sp³-hybridized carbons (Fsp3) is 0.667. The van der Waals surface area contributed by atoms with Crippen molar-refractivity contribution in [2.24, 2.45) is 5.73 Å². The van der Waals surface area contributed by atoms with Crippen LogP contribution < -0.4 is 11.1 Å². The molecule has 2 amide bonds. The van der Waals surface area contributed by atoms with Crippen LogP contribution in [0, 0.1) is 0 Å². The second-order valence-electron chi connectivity index (χ2n) is 3.77. The standard InChI is InChI=1S/C9H15N3O5/c10-2-7(14)12-4-5(13)1-6(12)9(17)11-3-8(15)16/h5-6,13H,1-4,10H2,(H,11,17)(H,15,16)/t5-,6+/m1/s1. The number of likely N-dealkylation sites (tertiary alicyclic amines) is 1. The number of aliphatic hydroxyl groups excluding tert-OH is 1. The number of aliphatic hydroxyl groups is 1. The van der Waals surface area contributed by atoms with E-state index in [1.807, 2.05) is 0 Å². The summed E-state index contributed by atoms with van der Waals surface area (Å²) in [5, 5.41) is 20.0. The predicted octanol–water partition coefficient (Wildman–Crippen LogP) is -2.89. The maximum atomic E-state index is 11.6. The molecule has 0 aromatic carbocycles. The third-order valence-electron chi connectivity index (χ3n) is 2.49. The number of hydrogen-bond donors (Lipinski definition) is 4. The molecule has 1 fully saturated rings. The molecule has 17 heavy (non-hydrogen) atoms. The summed E-state index contributed by atoms with van der Waals surface area (Å²) in [7, 11) is 0. The first-order valence-corrected chi connectivity index (χ1v) is 5.12. The maximum Gasteiger partial charge on any atom is 0.322 e. The summed E-state index contributed by atoms with van der Waals surface area (Å²) >= 11 is 0. The van der Waals surface area contributed by atoms with Crippen LogP contribution in [0.4, 0.5) is 0 Å². The van der Waals surface area contributed by atoms with Gasteiger partial charge in [0.25, 0.3) is 0 Å². The van der Waals surface area contributed by atoms with E-state index >= 15 is 0 Å². The van der Waals surface area contributed by atoms with Crippen molar-refractivity contribution in [1.29, 1.82) is 0 Å². The molecule has 0 unspecified atom stereocenters. The average molecular weight is 245 g/mol. The minimum atomic E-state index is -1.17. The van der Waals surface area contributed by atoms with Crippen molar-refractivity contribution >= 4 is 17.8 Å². The van der Waals surface area contributed by atoms with Gasteiger partial charge in [-0.2, -0.15) is 0 Å². The monoisotopic (exact) mass is 245 g/mol. The molecule has 1 saturated heterocycles. The molecular weight excluding hydrogens is 230 g/mol. The van der Waals surface area contributed by atoms with Gasteiger partial charge in [-0.05, 0) is 0 Å². The van der Waals surface area contributed by atoms with Gasteiger partial charge in [-0.15, -0.1) is 0 Å². The number of carbonyl (C=O) groups is 3. The molecule has 0 aromatic rings. The molecule has 96 valence electrons. The van der Waals surface area contributed by atoms with E-state index < -0.39 is 36.5 Å². The second kappa shape index (κ2) is 5.60. The van der Waals surface area contributed by atoms with E-state index in [0.29, 0.717) is 0 Å². The topological polar surface area (TPSA) is 133 Å². The molecule has 2 atom stereocenters. The van der Waals surface area contributed by atoms with Gasteiger partial charge in [0.1, 0.15) is 12.6 Å².